The smallest absolute Gasteiger partial charge is 0.237 e. The summed E-state index contributed by atoms with van der Waals surface area (Å²) in [5.41, 5.74) is 0.792. The molecule has 1 aliphatic carbocycles. The Morgan fingerprint density at radius 1 is 1.27 bits per heavy atom. The molecule has 1 saturated carbocycles. The molecule has 1 fully saturated rings. The maximum Gasteiger partial charge on any atom is 0.237 e. The number of aromatic nitrogens is 3. The molecule has 0 spiro atoms. The standard InChI is InChI=1S/C19H20N4O2S/c1-13(18(24)20-15-6-3-2-4-7-15)26-19-22-21-17(14-9-10-14)23(19)12-16-8-5-11-25-16/h2-8,11,13-14H,9-10,12H2,1H3,(H,20,24). The zero-order chi connectivity index (χ0) is 17.9. The molecule has 134 valence electrons. The van der Waals surface area contributed by atoms with E-state index >= 15 is 0 Å². The average molecular weight is 368 g/mol. The molecule has 2 aromatic heterocycles. The third-order valence-electron chi connectivity index (χ3n) is 4.27. The van der Waals surface area contributed by atoms with Crippen LogP contribution < -0.4 is 5.32 Å². The summed E-state index contributed by atoms with van der Waals surface area (Å²) >= 11 is 1.42. The molecule has 4 rings (SSSR count). The second kappa shape index (κ2) is 7.37. The molecule has 0 radical (unpaired) electrons. The maximum absolute atomic E-state index is 12.5. The topological polar surface area (TPSA) is 73.0 Å². The lowest BCUT2D eigenvalue weighted by atomic mass is 10.3. The van der Waals surface area contributed by atoms with E-state index in [9.17, 15) is 4.79 Å². The molecule has 1 N–H and O–H groups in total. The number of carbonyl (C=O) groups excluding carboxylic acids is 1. The van der Waals surface area contributed by atoms with Gasteiger partial charge < -0.3 is 9.73 Å². The Kier molecular flexibility index (Phi) is 4.79. The molecule has 0 saturated heterocycles. The predicted molar refractivity (Wildman–Crippen MR) is 100 cm³/mol. The van der Waals surface area contributed by atoms with Crippen molar-refractivity contribution in [1.29, 1.82) is 0 Å². The van der Waals surface area contributed by atoms with E-state index in [-0.39, 0.29) is 11.2 Å². The lowest BCUT2D eigenvalue weighted by Crippen LogP contribution is -2.23. The first kappa shape index (κ1) is 16.9. The number of rotatable bonds is 7. The van der Waals surface area contributed by atoms with Crippen LogP contribution >= 0.6 is 11.8 Å². The quantitative estimate of drug-likeness (QED) is 0.640. The monoisotopic (exact) mass is 368 g/mol. The van der Waals surface area contributed by atoms with Crippen molar-refractivity contribution in [2.45, 2.75) is 42.6 Å². The number of anilines is 1. The number of para-hydroxylation sites is 1. The number of hydrogen-bond acceptors (Lipinski definition) is 5. The van der Waals surface area contributed by atoms with Crippen LogP contribution in [0.2, 0.25) is 0 Å². The van der Waals surface area contributed by atoms with Gasteiger partial charge in [0.15, 0.2) is 5.16 Å². The highest BCUT2D eigenvalue weighted by Crippen LogP contribution is 2.40. The van der Waals surface area contributed by atoms with Gasteiger partial charge in [-0.25, -0.2) is 0 Å². The highest BCUT2D eigenvalue weighted by atomic mass is 32.2. The van der Waals surface area contributed by atoms with Crippen molar-refractivity contribution in [3.63, 3.8) is 0 Å². The minimum atomic E-state index is -0.290. The molecule has 3 aromatic rings. The number of benzene rings is 1. The Morgan fingerprint density at radius 3 is 2.77 bits per heavy atom. The second-order valence-electron chi connectivity index (χ2n) is 6.40. The van der Waals surface area contributed by atoms with Crippen LogP contribution in [0.5, 0.6) is 0 Å². The van der Waals surface area contributed by atoms with Crippen LogP contribution in [-0.4, -0.2) is 25.9 Å². The fourth-order valence-electron chi connectivity index (χ4n) is 2.71. The number of thioether (sulfide) groups is 1. The Bertz CT molecular complexity index is 872. The van der Waals surface area contributed by atoms with Gasteiger partial charge in [-0.3, -0.25) is 9.36 Å². The van der Waals surface area contributed by atoms with Gasteiger partial charge >= 0.3 is 0 Å². The van der Waals surface area contributed by atoms with Crippen LogP contribution in [0.15, 0.2) is 58.3 Å². The van der Waals surface area contributed by atoms with E-state index in [0.717, 1.165) is 35.3 Å². The summed E-state index contributed by atoms with van der Waals surface area (Å²) in [6.45, 7) is 2.47. The lowest BCUT2D eigenvalue weighted by molar-refractivity contribution is -0.115. The fraction of sp³-hybridized carbons (Fsp3) is 0.316. The fourth-order valence-corrected chi connectivity index (χ4v) is 3.57. The Balaban J connectivity index is 1.49. The van der Waals surface area contributed by atoms with E-state index in [2.05, 4.69) is 20.1 Å². The molecule has 1 unspecified atom stereocenters. The van der Waals surface area contributed by atoms with Gasteiger partial charge in [0.2, 0.25) is 5.91 Å². The third kappa shape index (κ3) is 3.83. The predicted octanol–water partition coefficient (Wildman–Crippen LogP) is 3.92. The molecule has 2 heterocycles. The van der Waals surface area contributed by atoms with Crippen molar-refractivity contribution in [1.82, 2.24) is 14.8 Å². The number of hydrogen-bond donors (Lipinski definition) is 1. The summed E-state index contributed by atoms with van der Waals surface area (Å²) in [4.78, 5) is 12.5. The van der Waals surface area contributed by atoms with Crippen LogP contribution in [0.25, 0.3) is 0 Å². The molecule has 0 aliphatic heterocycles. The van der Waals surface area contributed by atoms with Gasteiger partial charge in [-0.1, -0.05) is 30.0 Å². The molecular formula is C19H20N4O2S. The van der Waals surface area contributed by atoms with E-state index in [1.54, 1.807) is 6.26 Å². The van der Waals surface area contributed by atoms with Crippen molar-refractivity contribution >= 4 is 23.4 Å². The van der Waals surface area contributed by atoms with Gasteiger partial charge in [-0.2, -0.15) is 0 Å². The number of furan rings is 1. The molecule has 26 heavy (non-hydrogen) atoms. The van der Waals surface area contributed by atoms with E-state index in [0.29, 0.717) is 12.5 Å². The van der Waals surface area contributed by atoms with Crippen LogP contribution in [0, 0.1) is 0 Å². The lowest BCUT2D eigenvalue weighted by Gasteiger charge is -2.13. The zero-order valence-electron chi connectivity index (χ0n) is 14.5. The van der Waals surface area contributed by atoms with Gasteiger partial charge in [0.25, 0.3) is 0 Å². The first-order valence-corrected chi connectivity index (χ1v) is 9.56. The van der Waals surface area contributed by atoms with Gasteiger partial charge in [0, 0.05) is 11.6 Å². The van der Waals surface area contributed by atoms with Crippen LogP contribution in [0.4, 0.5) is 5.69 Å². The normalized spacial score (nSPS) is 15.0. The summed E-state index contributed by atoms with van der Waals surface area (Å²) in [7, 11) is 0. The largest absolute Gasteiger partial charge is 0.467 e. The number of amides is 1. The highest BCUT2D eigenvalue weighted by Gasteiger charge is 2.31. The summed E-state index contributed by atoms with van der Waals surface area (Å²) < 4.78 is 7.56. The number of nitrogens with one attached hydrogen (secondary N) is 1. The van der Waals surface area contributed by atoms with Crippen LogP contribution in [0.1, 0.15) is 37.3 Å². The van der Waals surface area contributed by atoms with Crippen LogP contribution in [-0.2, 0) is 11.3 Å². The maximum atomic E-state index is 12.5. The van der Waals surface area contributed by atoms with E-state index < -0.39 is 0 Å². The Labute approximate surface area is 156 Å². The van der Waals surface area contributed by atoms with E-state index in [4.69, 9.17) is 4.42 Å². The number of carbonyl (C=O) groups is 1. The molecular weight excluding hydrogens is 348 g/mol. The van der Waals surface area contributed by atoms with Crippen molar-refractivity contribution in [2.75, 3.05) is 5.32 Å². The summed E-state index contributed by atoms with van der Waals surface area (Å²) in [6, 6.07) is 13.3. The van der Waals surface area contributed by atoms with Crippen molar-refractivity contribution in [3.8, 4) is 0 Å². The SMILES string of the molecule is CC(Sc1nnc(C2CC2)n1Cc1ccco1)C(=O)Nc1ccccc1. The third-order valence-corrected chi connectivity index (χ3v) is 5.36. The van der Waals surface area contributed by atoms with Crippen molar-refractivity contribution < 1.29 is 9.21 Å². The Morgan fingerprint density at radius 2 is 2.08 bits per heavy atom. The summed E-state index contributed by atoms with van der Waals surface area (Å²) in [5.74, 6) is 2.26. The number of nitrogens with zero attached hydrogens (tertiary/aromatic N) is 3. The van der Waals surface area contributed by atoms with E-state index in [1.165, 1.54) is 11.8 Å². The molecule has 6 nitrogen and oxygen atoms in total. The van der Waals surface area contributed by atoms with Crippen molar-refractivity contribution in [3.05, 3.63) is 60.3 Å². The molecule has 7 heteroatoms. The van der Waals surface area contributed by atoms with Gasteiger partial charge in [-0.05, 0) is 44.0 Å². The van der Waals surface area contributed by atoms with Crippen LogP contribution in [0.3, 0.4) is 0 Å². The van der Waals surface area contributed by atoms with E-state index in [1.807, 2.05) is 49.4 Å². The molecule has 0 bridgehead atoms. The van der Waals surface area contributed by atoms with Gasteiger partial charge in [0.05, 0.1) is 18.1 Å². The van der Waals surface area contributed by atoms with Crippen molar-refractivity contribution in [2.24, 2.45) is 0 Å². The molecule has 1 aromatic carbocycles. The molecule has 1 amide bonds. The molecule has 1 atom stereocenters. The zero-order valence-corrected chi connectivity index (χ0v) is 15.3. The van der Waals surface area contributed by atoms with Gasteiger partial charge in [-0.15, -0.1) is 10.2 Å². The minimum absolute atomic E-state index is 0.0540. The average Bonchev–Trinajstić information content (AvgIpc) is 3.22. The highest BCUT2D eigenvalue weighted by molar-refractivity contribution is 8.00. The minimum Gasteiger partial charge on any atom is -0.467 e. The Hall–Kier alpha value is -2.54. The summed E-state index contributed by atoms with van der Waals surface area (Å²) in [6.07, 6.45) is 3.95. The van der Waals surface area contributed by atoms with Gasteiger partial charge in [0.1, 0.15) is 11.6 Å². The summed E-state index contributed by atoms with van der Waals surface area (Å²) in [5, 5.41) is 12.1. The molecule has 1 aliphatic rings. The first-order chi connectivity index (χ1) is 12.7. The second-order valence-corrected chi connectivity index (χ2v) is 7.70. The first-order valence-electron chi connectivity index (χ1n) is 8.69.